The van der Waals surface area contributed by atoms with Crippen LogP contribution < -0.4 is 14.8 Å². The molecule has 9 nitrogen and oxygen atoms in total. The second kappa shape index (κ2) is 11.3. The lowest BCUT2D eigenvalue weighted by molar-refractivity contribution is -0.131. The van der Waals surface area contributed by atoms with Crippen LogP contribution in [-0.2, 0) is 9.59 Å². The maximum absolute atomic E-state index is 13.4. The van der Waals surface area contributed by atoms with Gasteiger partial charge in [0.15, 0.2) is 11.5 Å². The topological polar surface area (TPSA) is 101 Å². The van der Waals surface area contributed by atoms with E-state index in [4.69, 9.17) is 21.1 Å². The molecule has 1 aliphatic carbocycles. The molecule has 1 spiro atoms. The molecule has 0 radical (unpaired) electrons. The van der Waals surface area contributed by atoms with E-state index >= 15 is 0 Å². The molecule has 2 fully saturated rings. The van der Waals surface area contributed by atoms with E-state index in [1.54, 1.807) is 6.07 Å². The van der Waals surface area contributed by atoms with Crippen molar-refractivity contribution in [1.29, 1.82) is 0 Å². The first-order valence-corrected chi connectivity index (χ1v) is 14.6. The van der Waals surface area contributed by atoms with Crippen LogP contribution in [0.5, 0.6) is 11.5 Å². The highest BCUT2D eigenvalue weighted by Crippen LogP contribution is 2.52. The van der Waals surface area contributed by atoms with Crippen LogP contribution in [0.15, 0.2) is 36.7 Å². The van der Waals surface area contributed by atoms with Gasteiger partial charge in [0, 0.05) is 61.9 Å². The first kappa shape index (κ1) is 26.9. The summed E-state index contributed by atoms with van der Waals surface area (Å²) in [6, 6.07) is 7.48. The zero-order valence-corrected chi connectivity index (χ0v) is 23.3. The lowest BCUT2D eigenvalue weighted by Gasteiger charge is -2.40. The van der Waals surface area contributed by atoms with Crippen molar-refractivity contribution in [3.8, 4) is 11.5 Å². The van der Waals surface area contributed by atoms with Crippen LogP contribution in [0, 0.1) is 11.3 Å². The van der Waals surface area contributed by atoms with Crippen LogP contribution >= 0.6 is 11.6 Å². The minimum Gasteiger partial charge on any atom is -0.490 e. The van der Waals surface area contributed by atoms with Crippen molar-refractivity contribution in [3.63, 3.8) is 0 Å². The van der Waals surface area contributed by atoms with Gasteiger partial charge in [-0.25, -0.2) is 0 Å². The number of ether oxygens (including phenoxy) is 2. The number of carbonyl (C=O) groups is 3. The van der Waals surface area contributed by atoms with Gasteiger partial charge in [-0.05, 0) is 37.3 Å². The van der Waals surface area contributed by atoms with E-state index in [1.165, 1.54) is 30.1 Å². The number of nitrogens with zero attached hydrogens (tertiary/aromatic N) is 3. The third-order valence-corrected chi connectivity index (χ3v) is 9.22. The maximum Gasteiger partial charge on any atom is 0.255 e. The molecule has 4 aliphatic heterocycles. The Hall–Kier alpha value is -3.33. The highest BCUT2D eigenvalue weighted by atomic mass is 35.5. The highest BCUT2D eigenvalue weighted by Gasteiger charge is 2.53. The van der Waals surface area contributed by atoms with Gasteiger partial charge in [-0.2, -0.15) is 0 Å². The number of carbonyl (C=O) groups excluding carboxylic acids is 3. The maximum atomic E-state index is 13.4. The monoisotopic (exact) mass is 566 g/mol. The fourth-order valence-electron chi connectivity index (χ4n) is 6.76. The lowest BCUT2D eigenvalue weighted by atomic mass is 9.73. The molecule has 1 aromatic heterocycles. The quantitative estimate of drug-likeness (QED) is 0.608. The zero-order valence-electron chi connectivity index (χ0n) is 22.6. The van der Waals surface area contributed by atoms with Gasteiger partial charge in [0.25, 0.3) is 5.91 Å². The molecule has 212 valence electrons. The summed E-state index contributed by atoms with van der Waals surface area (Å²) in [6.07, 6.45) is 8.68. The van der Waals surface area contributed by atoms with Crippen LogP contribution in [0.3, 0.4) is 0 Å². The Morgan fingerprint density at radius 1 is 1.12 bits per heavy atom. The van der Waals surface area contributed by atoms with Crippen LogP contribution in [0.1, 0.15) is 60.4 Å². The molecule has 0 unspecified atom stereocenters. The molecule has 1 saturated carbocycles. The van der Waals surface area contributed by atoms with Crippen molar-refractivity contribution < 1.29 is 23.9 Å². The number of amides is 3. The van der Waals surface area contributed by atoms with Crippen molar-refractivity contribution in [2.45, 2.75) is 44.4 Å². The van der Waals surface area contributed by atoms with E-state index in [2.05, 4.69) is 16.4 Å². The Labute approximate surface area is 239 Å². The zero-order chi connectivity index (χ0) is 27.7. The number of fused-ring (bicyclic) bond motifs is 9. The van der Waals surface area contributed by atoms with Gasteiger partial charge < -0.3 is 24.6 Å². The second-order valence-corrected chi connectivity index (χ2v) is 12.0. The predicted molar refractivity (Wildman–Crippen MR) is 149 cm³/mol. The Morgan fingerprint density at radius 2 is 1.98 bits per heavy atom. The average Bonchev–Trinajstić information content (AvgIpc) is 3.61. The molecule has 1 N–H and O–H groups in total. The van der Waals surface area contributed by atoms with Gasteiger partial charge in [0.2, 0.25) is 11.8 Å². The van der Waals surface area contributed by atoms with E-state index in [0.29, 0.717) is 75.2 Å². The summed E-state index contributed by atoms with van der Waals surface area (Å²) in [5.74, 6) is 1.44. The molecule has 40 heavy (non-hydrogen) atoms. The molecule has 2 atom stereocenters. The van der Waals surface area contributed by atoms with E-state index < -0.39 is 5.41 Å². The molecule has 5 heterocycles. The normalized spacial score (nSPS) is 25.0. The minimum atomic E-state index is -0.472. The molecule has 7 rings (SSSR count). The Bertz CT molecular complexity index is 1300. The molecule has 10 heteroatoms. The molecule has 2 aromatic rings. The molecule has 3 amide bonds. The number of nitrogens with one attached hydrogen (secondary N) is 1. The van der Waals surface area contributed by atoms with Crippen molar-refractivity contribution in [2.75, 3.05) is 45.9 Å². The number of pyridine rings is 1. The number of hydrogen-bond donors (Lipinski definition) is 1. The number of para-hydroxylation sites is 1. The third kappa shape index (κ3) is 5.23. The summed E-state index contributed by atoms with van der Waals surface area (Å²) in [5.41, 5.74) is 0.857. The Balaban J connectivity index is 1.27. The van der Waals surface area contributed by atoms with Crippen LogP contribution in [0.25, 0.3) is 0 Å². The van der Waals surface area contributed by atoms with Crippen molar-refractivity contribution in [2.24, 2.45) is 11.3 Å². The van der Waals surface area contributed by atoms with Crippen LogP contribution in [-0.4, -0.2) is 78.4 Å². The fraction of sp³-hybridized carbons (Fsp3) is 0.533. The minimum absolute atomic E-state index is 0.00364. The van der Waals surface area contributed by atoms with Gasteiger partial charge in [0.1, 0.15) is 0 Å². The second-order valence-electron chi connectivity index (χ2n) is 11.6. The van der Waals surface area contributed by atoms with E-state index in [9.17, 15) is 14.4 Å². The van der Waals surface area contributed by atoms with Crippen molar-refractivity contribution >= 4 is 29.3 Å². The Kier molecular flexibility index (Phi) is 7.57. The van der Waals surface area contributed by atoms with E-state index in [0.717, 1.165) is 18.4 Å². The SMILES string of the molecule is O=C1CN(C(=O)c2ccncc2Cl)CCCOc2cccc3c2OC[C@@]2(CN1)CN(C(=O)CC1CCCC1)C[C@@H]32. The molecule has 1 saturated heterocycles. The van der Waals surface area contributed by atoms with Gasteiger partial charge in [-0.1, -0.05) is 36.6 Å². The van der Waals surface area contributed by atoms with Gasteiger partial charge in [0.05, 0.1) is 30.3 Å². The summed E-state index contributed by atoms with van der Waals surface area (Å²) in [5, 5.41) is 3.34. The number of halogens is 1. The average molecular weight is 567 g/mol. The molecular weight excluding hydrogens is 532 g/mol. The number of aromatic nitrogens is 1. The third-order valence-electron chi connectivity index (χ3n) is 8.92. The smallest absolute Gasteiger partial charge is 0.255 e. The highest BCUT2D eigenvalue weighted by molar-refractivity contribution is 6.33. The van der Waals surface area contributed by atoms with Crippen molar-refractivity contribution in [3.05, 3.63) is 52.8 Å². The van der Waals surface area contributed by atoms with Gasteiger partial charge in [-0.15, -0.1) is 0 Å². The van der Waals surface area contributed by atoms with E-state index in [-0.39, 0.29) is 35.2 Å². The summed E-state index contributed by atoms with van der Waals surface area (Å²) in [6.45, 7) is 2.37. The number of hydrogen-bond acceptors (Lipinski definition) is 6. The predicted octanol–water partition coefficient (Wildman–Crippen LogP) is 3.66. The first-order valence-electron chi connectivity index (χ1n) is 14.3. The van der Waals surface area contributed by atoms with E-state index in [1.807, 2.05) is 17.0 Å². The number of benzene rings is 1. The van der Waals surface area contributed by atoms with Gasteiger partial charge >= 0.3 is 0 Å². The molecule has 5 aliphatic rings. The summed E-state index contributed by atoms with van der Waals surface area (Å²) >= 11 is 6.25. The summed E-state index contributed by atoms with van der Waals surface area (Å²) in [4.78, 5) is 47.5. The molecule has 4 bridgehead atoms. The standard InChI is InChI=1S/C30H35ClN4O5/c31-24-14-32-10-9-22(24)29(38)34-11-4-12-39-25-8-3-7-21-23-15-35(27(37)13-20-5-1-2-6-20)18-30(23,19-40-28(21)25)17-33-26(36)16-34/h3,7-10,14,20,23H,1-2,4-6,11-13,15-19H2,(H,33,36)/t23-,30+/m0/s1. The van der Waals surface area contributed by atoms with Gasteiger partial charge in [-0.3, -0.25) is 19.4 Å². The largest absolute Gasteiger partial charge is 0.490 e. The molecule has 1 aromatic carbocycles. The number of rotatable bonds is 3. The Morgan fingerprint density at radius 3 is 2.80 bits per heavy atom. The van der Waals surface area contributed by atoms with Crippen LogP contribution in [0.4, 0.5) is 0 Å². The summed E-state index contributed by atoms with van der Waals surface area (Å²) < 4.78 is 12.5. The van der Waals surface area contributed by atoms with Crippen molar-refractivity contribution in [1.82, 2.24) is 20.1 Å². The summed E-state index contributed by atoms with van der Waals surface area (Å²) in [7, 11) is 0. The molecular formula is C30H35ClN4O5. The number of likely N-dealkylation sites (tertiary alicyclic amines) is 1. The fourth-order valence-corrected chi connectivity index (χ4v) is 6.96. The first-order chi connectivity index (χ1) is 19.4. The van der Waals surface area contributed by atoms with Crippen LogP contribution in [0.2, 0.25) is 5.02 Å². The lowest BCUT2D eigenvalue weighted by Crippen LogP contribution is -2.50.